The van der Waals surface area contributed by atoms with Gasteiger partial charge in [-0.3, -0.25) is 24.6 Å². The van der Waals surface area contributed by atoms with Crippen LogP contribution in [0.5, 0.6) is 0 Å². The molecular weight excluding hydrogens is 570 g/mol. The fraction of sp³-hybridized carbons (Fsp3) is 0.273. The van der Waals surface area contributed by atoms with Gasteiger partial charge in [-0.2, -0.15) is 9.36 Å². The summed E-state index contributed by atoms with van der Waals surface area (Å²) in [5, 5.41) is 18.3. The Morgan fingerprint density at radius 3 is 2.77 bits per heavy atom. The largest absolute Gasteiger partial charge is 0.456 e. The lowest BCUT2D eigenvalue weighted by molar-refractivity contribution is -0.384. The first-order valence-corrected chi connectivity index (χ1v) is 13.9. The first-order valence-electron chi connectivity index (χ1n) is 11.2. The van der Waals surface area contributed by atoms with E-state index in [4.69, 9.17) is 15.3 Å². The number of carbonyl (C=O) groups is 3. The molecule has 3 N–H and O–H groups in total. The molecule has 1 fully saturated rings. The molecule has 1 aromatic heterocycles. The maximum atomic E-state index is 13.2. The average Bonchev–Trinajstić information content (AvgIpc) is 3.36. The number of esters is 1. The number of thioether (sulfide) groups is 2. The third kappa shape index (κ3) is 6.04. The predicted octanol–water partition coefficient (Wildman–Crippen LogP) is 2.00. The van der Waals surface area contributed by atoms with Crippen LogP contribution in [0.1, 0.15) is 18.3 Å². The molecule has 2 aliphatic rings. The Kier molecular flexibility index (Phi) is 8.82. The average molecular weight is 592 g/mol. The number of nitro benzene ring substituents is 1. The fourth-order valence-corrected chi connectivity index (χ4v) is 6.16. The van der Waals surface area contributed by atoms with Crippen molar-refractivity contribution in [2.45, 2.75) is 24.9 Å². The number of benzene rings is 1. The molecule has 39 heavy (non-hydrogen) atoms. The molecule has 1 aromatic carbocycles. The van der Waals surface area contributed by atoms with E-state index >= 15 is 0 Å². The van der Waals surface area contributed by atoms with E-state index in [1.54, 1.807) is 6.92 Å². The number of β-lactam (4-membered cyclic amide) rings is 1. The van der Waals surface area contributed by atoms with Gasteiger partial charge in [-0.15, -0.1) is 11.8 Å². The van der Waals surface area contributed by atoms with Crippen LogP contribution in [0.4, 0.5) is 10.8 Å². The number of aromatic nitrogens is 2. The molecule has 1 saturated heterocycles. The molecule has 17 heteroatoms. The Bertz CT molecular complexity index is 1380. The number of amides is 2. The maximum absolute atomic E-state index is 13.2. The lowest BCUT2D eigenvalue weighted by Gasteiger charge is -2.49. The van der Waals surface area contributed by atoms with E-state index in [1.807, 2.05) is 0 Å². The van der Waals surface area contributed by atoms with Gasteiger partial charge in [0, 0.05) is 34.3 Å². The number of non-ortho nitro benzene ring substituents is 1. The summed E-state index contributed by atoms with van der Waals surface area (Å²) in [6.07, 6.45) is 0. The van der Waals surface area contributed by atoms with Gasteiger partial charge >= 0.3 is 5.97 Å². The highest BCUT2D eigenvalue weighted by atomic mass is 32.2. The molecule has 2 amide bonds. The monoisotopic (exact) mass is 591 g/mol. The highest BCUT2D eigenvalue weighted by Crippen LogP contribution is 2.44. The number of fused-ring (bicyclic) bond motifs is 1. The van der Waals surface area contributed by atoms with Crippen LogP contribution < -0.4 is 11.1 Å². The lowest BCUT2D eigenvalue weighted by Crippen LogP contribution is -2.71. The van der Waals surface area contributed by atoms with E-state index < -0.39 is 34.1 Å². The second-order valence-electron chi connectivity index (χ2n) is 7.73. The topological polar surface area (TPSA) is 192 Å². The normalized spacial score (nSPS) is 18.6. The van der Waals surface area contributed by atoms with E-state index in [9.17, 15) is 24.5 Å². The van der Waals surface area contributed by atoms with Gasteiger partial charge in [-0.1, -0.05) is 23.5 Å². The Labute approximate surface area is 234 Å². The number of nitro groups is 1. The van der Waals surface area contributed by atoms with Gasteiger partial charge in [0.1, 0.15) is 30.3 Å². The van der Waals surface area contributed by atoms with Crippen molar-refractivity contribution in [3.8, 4) is 0 Å². The summed E-state index contributed by atoms with van der Waals surface area (Å²) in [5.74, 6) is -1.68. The molecule has 1 unspecified atom stereocenters. The zero-order chi connectivity index (χ0) is 28.1. The minimum absolute atomic E-state index is 0.0385. The first kappa shape index (κ1) is 28.1. The minimum Gasteiger partial charge on any atom is -0.456 e. The van der Waals surface area contributed by atoms with Crippen molar-refractivity contribution in [3.63, 3.8) is 0 Å². The van der Waals surface area contributed by atoms with Crippen LogP contribution in [0.2, 0.25) is 0 Å². The molecular formula is C22H21N7O7S3. The van der Waals surface area contributed by atoms with Crippen molar-refractivity contribution in [1.82, 2.24) is 19.6 Å². The van der Waals surface area contributed by atoms with Gasteiger partial charge in [0.2, 0.25) is 11.5 Å². The summed E-state index contributed by atoms with van der Waals surface area (Å²) in [6.45, 7) is 5.39. The number of nitrogens with two attached hydrogens (primary N) is 1. The molecule has 4 rings (SSSR count). The predicted molar refractivity (Wildman–Crippen MR) is 145 cm³/mol. The van der Waals surface area contributed by atoms with Crippen LogP contribution in [-0.2, 0) is 30.6 Å². The number of carbonyl (C=O) groups excluding carboxylic acids is 3. The maximum Gasteiger partial charge on any atom is 0.356 e. The Morgan fingerprint density at radius 2 is 2.15 bits per heavy atom. The number of ether oxygens (including phenoxy) is 1. The van der Waals surface area contributed by atoms with E-state index in [-0.39, 0.29) is 41.3 Å². The molecule has 14 nitrogen and oxygen atoms in total. The third-order valence-corrected chi connectivity index (χ3v) is 8.10. The van der Waals surface area contributed by atoms with Crippen molar-refractivity contribution in [2.75, 3.05) is 18.1 Å². The number of nitrogens with zero attached hydrogens (tertiary/aromatic N) is 5. The molecule has 2 aliphatic heterocycles. The molecule has 0 bridgehead atoms. The van der Waals surface area contributed by atoms with Crippen LogP contribution in [0.25, 0.3) is 0 Å². The summed E-state index contributed by atoms with van der Waals surface area (Å²) >= 11 is 3.42. The third-order valence-electron chi connectivity index (χ3n) is 5.31. The zero-order valence-electron chi connectivity index (χ0n) is 20.3. The molecule has 2 atom stereocenters. The second kappa shape index (κ2) is 12.3. The SMILES string of the molecule is C=CSC1=C(C(=O)OCc2ccc([N+](=O)[O-])cc2)N2C(=O)C(NC(=O)/C(=N/OCC)c3nsc(N)n3)[C@H]2SC1. The Balaban J connectivity index is 1.48. The summed E-state index contributed by atoms with van der Waals surface area (Å²) in [6, 6.07) is 4.60. The number of anilines is 1. The molecule has 2 aromatic rings. The highest BCUT2D eigenvalue weighted by molar-refractivity contribution is 8.08. The Hall–Kier alpha value is -3.96. The van der Waals surface area contributed by atoms with Crippen molar-refractivity contribution in [2.24, 2.45) is 5.16 Å². The van der Waals surface area contributed by atoms with Crippen LogP contribution in [0.3, 0.4) is 0 Å². The number of hydrogen-bond donors (Lipinski definition) is 2. The highest BCUT2D eigenvalue weighted by Gasteiger charge is 2.55. The van der Waals surface area contributed by atoms with Crippen LogP contribution >= 0.6 is 35.1 Å². The minimum atomic E-state index is -0.960. The number of hydrogen-bond acceptors (Lipinski definition) is 14. The van der Waals surface area contributed by atoms with Crippen molar-refractivity contribution >= 4 is 69.4 Å². The number of nitrogens with one attached hydrogen (secondary N) is 1. The molecule has 3 heterocycles. The standard InChI is InChI=1S/C22H21N7O7S3/c1-3-36-26-14(17-25-22(23)39-27-17)18(30)24-15-19(31)28-16(13(37-4-2)10-38-20(15)28)21(32)35-9-11-5-7-12(8-6-11)29(33)34/h4-8,15,20H,2-3,9-10H2,1H3,(H,24,30)(H2,23,25,27)/b26-14+/t15?,20-/m1/s1. The smallest absolute Gasteiger partial charge is 0.356 e. The summed E-state index contributed by atoms with van der Waals surface area (Å²) in [4.78, 5) is 60.5. The van der Waals surface area contributed by atoms with Crippen LogP contribution in [0.15, 0.2) is 52.0 Å². The zero-order valence-corrected chi connectivity index (χ0v) is 22.7. The fourth-order valence-electron chi connectivity index (χ4n) is 3.56. The summed E-state index contributed by atoms with van der Waals surface area (Å²) in [5.41, 5.74) is 5.88. The van der Waals surface area contributed by atoms with Crippen molar-refractivity contribution < 1.29 is 28.9 Å². The number of nitrogen functional groups attached to an aromatic ring is 1. The van der Waals surface area contributed by atoms with Gasteiger partial charge in [-0.05, 0) is 30.0 Å². The molecule has 0 aliphatic carbocycles. The van der Waals surface area contributed by atoms with E-state index in [2.05, 4.69) is 26.4 Å². The molecule has 204 valence electrons. The van der Waals surface area contributed by atoms with E-state index in [1.165, 1.54) is 58.1 Å². The van der Waals surface area contributed by atoms with Gasteiger partial charge in [0.05, 0.1) is 4.92 Å². The van der Waals surface area contributed by atoms with Gasteiger partial charge in [0.15, 0.2) is 5.13 Å². The van der Waals surface area contributed by atoms with Crippen molar-refractivity contribution in [1.29, 1.82) is 0 Å². The first-order chi connectivity index (χ1) is 18.7. The van der Waals surface area contributed by atoms with Crippen LogP contribution in [0, 0.1) is 10.1 Å². The van der Waals surface area contributed by atoms with Gasteiger partial charge in [-0.25, -0.2) is 4.79 Å². The Morgan fingerprint density at radius 1 is 1.41 bits per heavy atom. The number of rotatable bonds is 11. The lowest BCUT2D eigenvalue weighted by atomic mass is 10.0. The van der Waals surface area contributed by atoms with Gasteiger partial charge in [0.25, 0.3) is 17.5 Å². The van der Waals surface area contributed by atoms with Crippen molar-refractivity contribution in [3.05, 3.63) is 68.4 Å². The van der Waals surface area contributed by atoms with Crippen LogP contribution in [-0.4, -0.2) is 66.5 Å². The summed E-state index contributed by atoms with van der Waals surface area (Å²) in [7, 11) is 0. The van der Waals surface area contributed by atoms with E-state index in [0.29, 0.717) is 16.2 Å². The molecule has 0 radical (unpaired) electrons. The van der Waals surface area contributed by atoms with E-state index in [0.717, 1.165) is 11.5 Å². The number of oxime groups is 1. The quantitative estimate of drug-likeness (QED) is 0.127. The molecule has 0 spiro atoms. The van der Waals surface area contributed by atoms with Gasteiger partial charge < -0.3 is 20.6 Å². The summed E-state index contributed by atoms with van der Waals surface area (Å²) < 4.78 is 9.42. The second-order valence-corrected chi connectivity index (χ2v) is 10.7. The molecule has 0 saturated carbocycles.